The van der Waals surface area contributed by atoms with E-state index in [1.165, 1.54) is 19.4 Å². The molecule has 0 saturated carbocycles. The van der Waals surface area contributed by atoms with E-state index >= 15 is 0 Å². The molecule has 0 spiro atoms. The largest absolute Gasteiger partial charge is 0.300 e. The Kier molecular flexibility index (Phi) is 3.95. The van der Waals surface area contributed by atoms with Crippen molar-refractivity contribution in [2.75, 3.05) is 13.1 Å². The van der Waals surface area contributed by atoms with Crippen LogP contribution in [0.2, 0.25) is 0 Å². The summed E-state index contributed by atoms with van der Waals surface area (Å²) in [6, 6.07) is 2.94. The summed E-state index contributed by atoms with van der Waals surface area (Å²) in [5.74, 6) is 0. The maximum atomic E-state index is 8.50. The van der Waals surface area contributed by atoms with Crippen LogP contribution in [0, 0.1) is 16.7 Å². The van der Waals surface area contributed by atoms with Crippen LogP contribution in [-0.4, -0.2) is 24.0 Å². The van der Waals surface area contributed by atoms with E-state index in [1.54, 1.807) is 0 Å². The number of nitriles is 1. The maximum absolute atomic E-state index is 8.50. The van der Waals surface area contributed by atoms with Crippen LogP contribution in [0.3, 0.4) is 0 Å². The first-order valence-electron chi connectivity index (χ1n) is 5.66. The maximum Gasteiger partial charge on any atom is 0.0622 e. The number of rotatable bonds is 3. The average Bonchev–Trinajstić information content (AvgIpc) is 2.52. The number of hydrogen-bond donors (Lipinski definition) is 0. The van der Waals surface area contributed by atoms with Gasteiger partial charge in [-0.25, -0.2) is 0 Å². The standard InChI is InChI=1S/C12H22N2/c1-12(2,3)11-7-6-10-14(11)9-5-4-8-13/h11H,4-7,9-10H2,1-3H3. The average molecular weight is 194 g/mol. The van der Waals surface area contributed by atoms with Crippen LogP contribution in [0.25, 0.3) is 0 Å². The van der Waals surface area contributed by atoms with Crippen LogP contribution in [0.1, 0.15) is 46.5 Å². The molecule has 1 heterocycles. The molecule has 1 fully saturated rings. The van der Waals surface area contributed by atoms with Crippen molar-refractivity contribution in [1.29, 1.82) is 5.26 Å². The van der Waals surface area contributed by atoms with E-state index in [1.807, 2.05) is 0 Å². The Morgan fingerprint density at radius 2 is 2.14 bits per heavy atom. The number of hydrogen-bond acceptors (Lipinski definition) is 2. The quantitative estimate of drug-likeness (QED) is 0.646. The van der Waals surface area contributed by atoms with Crippen LogP contribution in [0.15, 0.2) is 0 Å². The van der Waals surface area contributed by atoms with Gasteiger partial charge in [-0.15, -0.1) is 0 Å². The molecule has 0 amide bonds. The van der Waals surface area contributed by atoms with E-state index in [2.05, 4.69) is 31.7 Å². The summed E-state index contributed by atoms with van der Waals surface area (Å²) >= 11 is 0. The summed E-state index contributed by atoms with van der Waals surface area (Å²) in [6.07, 6.45) is 4.39. The Morgan fingerprint density at radius 1 is 1.43 bits per heavy atom. The van der Waals surface area contributed by atoms with E-state index in [0.717, 1.165) is 19.0 Å². The fourth-order valence-corrected chi connectivity index (χ4v) is 2.44. The van der Waals surface area contributed by atoms with Gasteiger partial charge < -0.3 is 0 Å². The number of unbranched alkanes of at least 4 members (excludes halogenated alkanes) is 1. The van der Waals surface area contributed by atoms with Gasteiger partial charge in [0.15, 0.2) is 0 Å². The molecule has 1 saturated heterocycles. The third kappa shape index (κ3) is 2.99. The van der Waals surface area contributed by atoms with Gasteiger partial charge in [-0.05, 0) is 37.8 Å². The number of likely N-dealkylation sites (tertiary alicyclic amines) is 1. The third-order valence-electron chi connectivity index (χ3n) is 3.10. The SMILES string of the molecule is CC(C)(C)C1CCCN1CCCC#N. The van der Waals surface area contributed by atoms with Gasteiger partial charge in [0.1, 0.15) is 0 Å². The van der Waals surface area contributed by atoms with Crippen molar-refractivity contribution in [2.24, 2.45) is 5.41 Å². The molecule has 0 aromatic heterocycles. The fraction of sp³-hybridized carbons (Fsp3) is 0.917. The van der Waals surface area contributed by atoms with Crippen LogP contribution in [-0.2, 0) is 0 Å². The highest BCUT2D eigenvalue weighted by molar-refractivity contribution is 4.88. The van der Waals surface area contributed by atoms with Gasteiger partial charge in [0.25, 0.3) is 0 Å². The van der Waals surface area contributed by atoms with E-state index in [4.69, 9.17) is 5.26 Å². The Labute approximate surface area is 87.9 Å². The van der Waals surface area contributed by atoms with E-state index in [9.17, 15) is 0 Å². The van der Waals surface area contributed by atoms with Crippen LogP contribution >= 0.6 is 0 Å². The fourth-order valence-electron chi connectivity index (χ4n) is 2.44. The molecule has 2 heteroatoms. The van der Waals surface area contributed by atoms with Gasteiger partial charge in [-0.2, -0.15) is 5.26 Å². The molecule has 1 rings (SSSR count). The monoisotopic (exact) mass is 194 g/mol. The normalized spacial score (nSPS) is 23.7. The summed E-state index contributed by atoms with van der Waals surface area (Å²) in [7, 11) is 0. The molecule has 1 aliphatic rings. The minimum Gasteiger partial charge on any atom is -0.300 e. The molecule has 1 unspecified atom stereocenters. The van der Waals surface area contributed by atoms with Crippen molar-refractivity contribution in [2.45, 2.75) is 52.5 Å². The summed E-state index contributed by atoms with van der Waals surface area (Å²) in [5.41, 5.74) is 0.392. The second-order valence-corrected chi connectivity index (χ2v) is 5.32. The molecule has 1 atom stereocenters. The highest BCUT2D eigenvalue weighted by atomic mass is 15.2. The van der Waals surface area contributed by atoms with Crippen molar-refractivity contribution in [3.63, 3.8) is 0 Å². The minimum absolute atomic E-state index is 0.392. The van der Waals surface area contributed by atoms with Gasteiger partial charge in [-0.1, -0.05) is 20.8 Å². The highest BCUT2D eigenvalue weighted by Gasteiger charge is 2.33. The molecule has 14 heavy (non-hydrogen) atoms. The van der Waals surface area contributed by atoms with E-state index in [0.29, 0.717) is 11.8 Å². The lowest BCUT2D eigenvalue weighted by molar-refractivity contribution is 0.140. The molecule has 0 aromatic carbocycles. The lowest BCUT2D eigenvalue weighted by Crippen LogP contribution is -2.39. The van der Waals surface area contributed by atoms with Crippen molar-refractivity contribution in [3.05, 3.63) is 0 Å². The second-order valence-electron chi connectivity index (χ2n) is 5.32. The molecule has 0 bridgehead atoms. The van der Waals surface area contributed by atoms with Crippen molar-refractivity contribution in [3.8, 4) is 6.07 Å². The number of nitrogens with zero attached hydrogens (tertiary/aromatic N) is 2. The van der Waals surface area contributed by atoms with Crippen LogP contribution in [0.5, 0.6) is 0 Å². The summed E-state index contributed by atoms with van der Waals surface area (Å²) in [5, 5.41) is 8.50. The predicted molar refractivity (Wildman–Crippen MR) is 58.9 cm³/mol. The molecular weight excluding hydrogens is 172 g/mol. The van der Waals surface area contributed by atoms with Gasteiger partial charge in [0, 0.05) is 12.5 Å². The molecular formula is C12H22N2. The molecule has 80 valence electrons. The zero-order valence-corrected chi connectivity index (χ0v) is 9.71. The molecule has 0 N–H and O–H groups in total. The Balaban J connectivity index is 2.40. The van der Waals surface area contributed by atoms with E-state index < -0.39 is 0 Å². The van der Waals surface area contributed by atoms with Crippen molar-refractivity contribution < 1.29 is 0 Å². The van der Waals surface area contributed by atoms with Gasteiger partial charge in [0.2, 0.25) is 0 Å². The molecule has 0 aromatic rings. The van der Waals surface area contributed by atoms with Gasteiger partial charge >= 0.3 is 0 Å². The van der Waals surface area contributed by atoms with Gasteiger partial charge in [0.05, 0.1) is 6.07 Å². The third-order valence-corrected chi connectivity index (χ3v) is 3.10. The zero-order chi connectivity index (χ0) is 10.6. The molecule has 0 aliphatic carbocycles. The van der Waals surface area contributed by atoms with Crippen LogP contribution < -0.4 is 0 Å². The molecule has 0 radical (unpaired) electrons. The summed E-state index contributed by atoms with van der Waals surface area (Å²) in [6.45, 7) is 9.30. The second kappa shape index (κ2) is 4.79. The predicted octanol–water partition coefficient (Wildman–Crippen LogP) is 2.80. The lowest BCUT2D eigenvalue weighted by Gasteiger charge is -2.35. The summed E-state index contributed by atoms with van der Waals surface area (Å²) < 4.78 is 0. The lowest BCUT2D eigenvalue weighted by atomic mass is 9.85. The molecule has 1 aliphatic heterocycles. The van der Waals surface area contributed by atoms with Gasteiger partial charge in [-0.3, -0.25) is 4.90 Å². The Morgan fingerprint density at radius 3 is 2.71 bits per heavy atom. The van der Waals surface area contributed by atoms with E-state index in [-0.39, 0.29) is 0 Å². The topological polar surface area (TPSA) is 27.0 Å². The van der Waals surface area contributed by atoms with Crippen molar-refractivity contribution in [1.82, 2.24) is 4.90 Å². The Hall–Kier alpha value is -0.550. The minimum atomic E-state index is 0.392. The molecule has 2 nitrogen and oxygen atoms in total. The Bertz CT molecular complexity index is 209. The smallest absolute Gasteiger partial charge is 0.0622 e. The van der Waals surface area contributed by atoms with Crippen LogP contribution in [0.4, 0.5) is 0 Å². The first-order chi connectivity index (χ1) is 6.55. The zero-order valence-electron chi connectivity index (χ0n) is 9.71. The first-order valence-corrected chi connectivity index (χ1v) is 5.66. The highest BCUT2D eigenvalue weighted by Crippen LogP contribution is 2.32. The first kappa shape index (κ1) is 11.5. The summed E-state index contributed by atoms with van der Waals surface area (Å²) in [4.78, 5) is 2.57. The van der Waals surface area contributed by atoms with Crippen molar-refractivity contribution >= 4 is 0 Å².